The number of hydrogen-bond acceptors (Lipinski definition) is 3. The van der Waals surface area contributed by atoms with E-state index in [2.05, 4.69) is 0 Å². The Hall–Kier alpha value is -0.610. The zero-order chi connectivity index (χ0) is 10.3. The monoisotopic (exact) mass is 186 g/mol. The van der Waals surface area contributed by atoms with Crippen molar-refractivity contribution in [2.45, 2.75) is 44.8 Å². The van der Waals surface area contributed by atoms with Gasteiger partial charge in [-0.25, -0.2) is 0 Å². The lowest BCUT2D eigenvalue weighted by Crippen LogP contribution is -2.57. The molecule has 76 valence electrons. The maximum atomic E-state index is 11.0. The fraction of sp³-hybridized carbons (Fsp3) is 0.889. The first-order valence-electron chi connectivity index (χ1n) is 4.58. The molecular weight excluding hydrogens is 168 g/mol. The van der Waals surface area contributed by atoms with Crippen LogP contribution in [0, 0.1) is 5.41 Å². The van der Waals surface area contributed by atoms with E-state index in [1.165, 1.54) is 0 Å². The van der Waals surface area contributed by atoms with Gasteiger partial charge in [0.1, 0.15) is 0 Å². The number of hydrogen-bond donors (Lipinski definition) is 3. The van der Waals surface area contributed by atoms with E-state index in [9.17, 15) is 9.90 Å². The minimum absolute atomic E-state index is 0.537. The van der Waals surface area contributed by atoms with Crippen LogP contribution in [0.1, 0.15) is 33.1 Å². The van der Waals surface area contributed by atoms with E-state index >= 15 is 0 Å². The second-order valence-corrected chi connectivity index (χ2v) is 4.42. The number of amides is 1. The van der Waals surface area contributed by atoms with Gasteiger partial charge in [0.15, 0.2) is 0 Å². The average Bonchev–Trinajstić information content (AvgIpc) is 2.26. The Kier molecular flexibility index (Phi) is 2.38. The number of primary amides is 1. The number of aliphatic hydroxyl groups is 1. The zero-order valence-electron chi connectivity index (χ0n) is 8.21. The number of nitrogens with two attached hydrogens (primary N) is 2. The molecule has 3 atom stereocenters. The van der Waals surface area contributed by atoms with E-state index in [1.54, 1.807) is 6.92 Å². The standard InChI is InChI=1S/C9H18N2O2/c1-8(6(10)7(11)12)4-3-5-9(8,2)13/h6,13H,3-5,10H2,1-2H3,(H2,11,12). The molecule has 1 aliphatic rings. The van der Waals surface area contributed by atoms with Gasteiger partial charge in [0.25, 0.3) is 0 Å². The molecule has 0 aliphatic heterocycles. The molecule has 1 rings (SSSR count). The molecule has 0 aromatic rings. The first-order valence-corrected chi connectivity index (χ1v) is 4.58. The summed E-state index contributed by atoms with van der Waals surface area (Å²) in [6, 6.07) is -0.759. The first kappa shape index (κ1) is 10.5. The molecule has 0 aromatic heterocycles. The third-order valence-electron chi connectivity index (χ3n) is 3.58. The lowest BCUT2D eigenvalue weighted by Gasteiger charge is -2.40. The smallest absolute Gasteiger partial charge is 0.235 e. The van der Waals surface area contributed by atoms with Crippen molar-refractivity contribution in [3.63, 3.8) is 0 Å². The first-order chi connectivity index (χ1) is 5.81. The molecule has 0 radical (unpaired) electrons. The van der Waals surface area contributed by atoms with E-state index in [0.717, 1.165) is 12.8 Å². The maximum absolute atomic E-state index is 11.0. The van der Waals surface area contributed by atoms with Gasteiger partial charge in [-0.15, -0.1) is 0 Å². The van der Waals surface area contributed by atoms with Crippen LogP contribution in [-0.4, -0.2) is 22.7 Å². The van der Waals surface area contributed by atoms with Crippen LogP contribution in [-0.2, 0) is 4.79 Å². The van der Waals surface area contributed by atoms with Gasteiger partial charge in [-0.05, 0) is 26.2 Å². The van der Waals surface area contributed by atoms with Crippen LogP contribution in [0.4, 0.5) is 0 Å². The molecular formula is C9H18N2O2. The van der Waals surface area contributed by atoms with Gasteiger partial charge < -0.3 is 16.6 Å². The second-order valence-electron chi connectivity index (χ2n) is 4.42. The Morgan fingerprint density at radius 3 is 2.31 bits per heavy atom. The molecule has 4 nitrogen and oxygen atoms in total. The minimum Gasteiger partial charge on any atom is -0.390 e. The Labute approximate surface area is 78.3 Å². The van der Waals surface area contributed by atoms with Crippen molar-refractivity contribution in [3.8, 4) is 0 Å². The molecule has 4 heteroatoms. The summed E-state index contributed by atoms with van der Waals surface area (Å²) in [5.74, 6) is -0.537. The predicted molar refractivity (Wildman–Crippen MR) is 49.8 cm³/mol. The van der Waals surface area contributed by atoms with E-state index in [-0.39, 0.29) is 0 Å². The molecule has 0 bridgehead atoms. The van der Waals surface area contributed by atoms with Crippen molar-refractivity contribution >= 4 is 5.91 Å². The van der Waals surface area contributed by atoms with E-state index in [1.807, 2.05) is 6.92 Å². The summed E-state index contributed by atoms with van der Waals surface area (Å²) in [7, 11) is 0. The average molecular weight is 186 g/mol. The highest BCUT2D eigenvalue weighted by Crippen LogP contribution is 2.47. The van der Waals surface area contributed by atoms with Crippen molar-refractivity contribution in [1.82, 2.24) is 0 Å². The molecule has 0 saturated heterocycles. The summed E-state index contributed by atoms with van der Waals surface area (Å²) in [6.07, 6.45) is 2.33. The third kappa shape index (κ3) is 1.44. The van der Waals surface area contributed by atoms with Gasteiger partial charge in [-0.2, -0.15) is 0 Å². The summed E-state index contributed by atoms with van der Waals surface area (Å²) in [5, 5.41) is 10.0. The highest BCUT2D eigenvalue weighted by Gasteiger charge is 2.52. The van der Waals surface area contributed by atoms with Crippen LogP contribution in [0.2, 0.25) is 0 Å². The molecule has 5 N–H and O–H groups in total. The fourth-order valence-electron chi connectivity index (χ4n) is 2.16. The van der Waals surface area contributed by atoms with Crippen molar-refractivity contribution in [1.29, 1.82) is 0 Å². The normalized spacial score (nSPS) is 41.8. The van der Waals surface area contributed by atoms with E-state index < -0.39 is 23.0 Å². The molecule has 13 heavy (non-hydrogen) atoms. The summed E-state index contributed by atoms with van der Waals surface area (Å²) in [5.41, 5.74) is 9.40. The van der Waals surface area contributed by atoms with E-state index in [0.29, 0.717) is 6.42 Å². The third-order valence-corrected chi connectivity index (χ3v) is 3.58. The maximum Gasteiger partial charge on any atom is 0.235 e. The van der Waals surface area contributed by atoms with Gasteiger partial charge in [0.2, 0.25) is 5.91 Å². The van der Waals surface area contributed by atoms with Crippen molar-refractivity contribution in [2.75, 3.05) is 0 Å². The van der Waals surface area contributed by atoms with Crippen LogP contribution in [0.15, 0.2) is 0 Å². The summed E-state index contributed by atoms with van der Waals surface area (Å²) < 4.78 is 0. The highest BCUT2D eigenvalue weighted by molar-refractivity contribution is 5.80. The van der Waals surface area contributed by atoms with Crippen molar-refractivity contribution in [3.05, 3.63) is 0 Å². The van der Waals surface area contributed by atoms with Gasteiger partial charge in [0.05, 0.1) is 11.6 Å². The molecule has 1 amide bonds. The van der Waals surface area contributed by atoms with Crippen LogP contribution in [0.3, 0.4) is 0 Å². The van der Waals surface area contributed by atoms with Crippen LogP contribution < -0.4 is 11.5 Å². The second kappa shape index (κ2) is 2.96. The molecule has 1 saturated carbocycles. The van der Waals surface area contributed by atoms with Crippen LogP contribution >= 0.6 is 0 Å². The lowest BCUT2D eigenvalue weighted by atomic mass is 9.71. The van der Waals surface area contributed by atoms with Crippen LogP contribution in [0.5, 0.6) is 0 Å². The molecule has 1 fully saturated rings. The summed E-state index contributed by atoms with van der Waals surface area (Å²) >= 11 is 0. The van der Waals surface area contributed by atoms with E-state index in [4.69, 9.17) is 11.5 Å². The number of rotatable bonds is 2. The topological polar surface area (TPSA) is 89.3 Å². The van der Waals surface area contributed by atoms with Crippen molar-refractivity contribution in [2.24, 2.45) is 16.9 Å². The predicted octanol–water partition coefficient (Wildman–Crippen LogP) is -0.260. The van der Waals surface area contributed by atoms with Crippen LogP contribution in [0.25, 0.3) is 0 Å². The Balaban J connectivity index is 2.93. The molecule has 1 aliphatic carbocycles. The van der Waals surface area contributed by atoms with Gasteiger partial charge in [0, 0.05) is 5.41 Å². The number of carbonyl (C=O) groups excluding carboxylic acids is 1. The Morgan fingerprint density at radius 2 is 2.00 bits per heavy atom. The molecule has 0 heterocycles. The Morgan fingerprint density at radius 1 is 1.46 bits per heavy atom. The van der Waals surface area contributed by atoms with Gasteiger partial charge >= 0.3 is 0 Å². The van der Waals surface area contributed by atoms with Crippen molar-refractivity contribution < 1.29 is 9.90 Å². The zero-order valence-corrected chi connectivity index (χ0v) is 8.21. The lowest BCUT2D eigenvalue weighted by molar-refractivity contribution is -0.127. The van der Waals surface area contributed by atoms with Gasteiger partial charge in [-0.1, -0.05) is 6.92 Å². The molecule has 0 spiro atoms. The highest BCUT2D eigenvalue weighted by atomic mass is 16.3. The summed E-state index contributed by atoms with van der Waals surface area (Å²) in [6.45, 7) is 3.55. The number of carbonyl (C=O) groups is 1. The Bertz CT molecular complexity index is 228. The molecule has 0 aromatic carbocycles. The quantitative estimate of drug-likeness (QED) is 0.555. The molecule has 3 unspecified atom stereocenters. The minimum atomic E-state index is -0.874. The largest absolute Gasteiger partial charge is 0.390 e. The van der Waals surface area contributed by atoms with Gasteiger partial charge in [-0.3, -0.25) is 4.79 Å². The SMILES string of the molecule is CC1(O)CCCC1(C)C(N)C(N)=O. The summed E-state index contributed by atoms with van der Waals surface area (Å²) in [4.78, 5) is 11.0. The fourth-order valence-corrected chi connectivity index (χ4v) is 2.16.